The topological polar surface area (TPSA) is 78.9 Å². The maximum atomic E-state index is 11.2. The summed E-state index contributed by atoms with van der Waals surface area (Å²) in [6, 6.07) is 0. The minimum atomic E-state index is -1.48. The van der Waals surface area contributed by atoms with E-state index in [1.807, 2.05) is 0 Å². The molecule has 0 aliphatic carbocycles. The predicted molar refractivity (Wildman–Crippen MR) is 48.7 cm³/mol. The molecule has 0 rings (SSSR count). The fourth-order valence-electron chi connectivity index (χ4n) is 0.865. The van der Waals surface area contributed by atoms with Gasteiger partial charge < -0.3 is 14.2 Å². The highest BCUT2D eigenvalue weighted by atomic mass is 16.5. The minimum Gasteiger partial charge on any atom is -0.468 e. The summed E-state index contributed by atoms with van der Waals surface area (Å²) in [5, 5.41) is 0. The maximum Gasteiger partial charge on any atom is 0.334 e. The number of hydrogen-bond acceptors (Lipinski definition) is 6. The second-order valence-corrected chi connectivity index (χ2v) is 2.50. The van der Waals surface area contributed by atoms with Crippen molar-refractivity contribution in [2.24, 2.45) is 5.92 Å². The number of carbonyl (C=O) groups is 3. The molecule has 0 amide bonds. The minimum absolute atomic E-state index is 0.323. The first-order chi connectivity index (χ1) is 6.99. The Bertz CT molecular complexity index is 277. The summed E-state index contributed by atoms with van der Waals surface area (Å²) in [6.07, 6.45) is 0. The van der Waals surface area contributed by atoms with E-state index in [1.165, 1.54) is 0 Å². The molecule has 0 aromatic rings. The molecular weight excluding hydrogens is 204 g/mol. The number of carbonyl (C=O) groups excluding carboxylic acids is 3. The zero-order valence-electron chi connectivity index (χ0n) is 8.73. The van der Waals surface area contributed by atoms with E-state index in [1.54, 1.807) is 0 Å². The van der Waals surface area contributed by atoms with Crippen molar-refractivity contribution < 1.29 is 28.6 Å². The van der Waals surface area contributed by atoms with Gasteiger partial charge >= 0.3 is 17.9 Å². The van der Waals surface area contributed by atoms with Crippen molar-refractivity contribution in [3.8, 4) is 0 Å². The van der Waals surface area contributed by atoms with E-state index in [2.05, 4.69) is 20.8 Å². The van der Waals surface area contributed by atoms with Crippen molar-refractivity contribution in [3.05, 3.63) is 12.2 Å². The second-order valence-electron chi connectivity index (χ2n) is 2.50. The Labute approximate surface area is 86.8 Å². The van der Waals surface area contributed by atoms with Crippen LogP contribution in [0.2, 0.25) is 0 Å². The molecule has 0 aromatic carbocycles. The van der Waals surface area contributed by atoms with Crippen molar-refractivity contribution >= 4 is 17.9 Å². The van der Waals surface area contributed by atoms with Crippen LogP contribution in [0.4, 0.5) is 0 Å². The average Bonchev–Trinajstić information content (AvgIpc) is 2.27. The van der Waals surface area contributed by atoms with Gasteiger partial charge in [-0.25, -0.2) is 4.79 Å². The lowest BCUT2D eigenvalue weighted by Crippen LogP contribution is -2.31. The Morgan fingerprint density at radius 1 is 0.933 bits per heavy atom. The Morgan fingerprint density at radius 2 is 1.33 bits per heavy atom. The van der Waals surface area contributed by atoms with Gasteiger partial charge in [0.2, 0.25) is 0 Å². The fraction of sp³-hybridized carbons (Fsp3) is 0.444. The summed E-state index contributed by atoms with van der Waals surface area (Å²) < 4.78 is 13.0. The third-order valence-corrected chi connectivity index (χ3v) is 1.67. The van der Waals surface area contributed by atoms with E-state index in [9.17, 15) is 14.4 Å². The molecule has 15 heavy (non-hydrogen) atoms. The molecule has 0 spiro atoms. The lowest BCUT2D eigenvalue weighted by atomic mass is 10.0. The van der Waals surface area contributed by atoms with Gasteiger partial charge in [-0.05, 0) is 0 Å². The van der Waals surface area contributed by atoms with Gasteiger partial charge in [0.1, 0.15) is 0 Å². The number of ether oxygens (including phenoxy) is 3. The molecule has 6 nitrogen and oxygen atoms in total. The zero-order valence-corrected chi connectivity index (χ0v) is 8.73. The SMILES string of the molecule is C=C(C(=O)OC)C(C(=O)OC)C(=O)OC. The molecule has 0 unspecified atom stereocenters. The van der Waals surface area contributed by atoms with Gasteiger partial charge in [-0.3, -0.25) is 9.59 Å². The van der Waals surface area contributed by atoms with Crippen LogP contribution in [0.1, 0.15) is 0 Å². The molecule has 0 saturated carbocycles. The van der Waals surface area contributed by atoms with Gasteiger partial charge in [0, 0.05) is 0 Å². The maximum absolute atomic E-state index is 11.2. The lowest BCUT2D eigenvalue weighted by Gasteiger charge is -2.12. The van der Waals surface area contributed by atoms with Crippen molar-refractivity contribution in [2.45, 2.75) is 0 Å². The number of methoxy groups -OCH3 is 3. The van der Waals surface area contributed by atoms with Gasteiger partial charge in [0.25, 0.3) is 0 Å². The van der Waals surface area contributed by atoms with E-state index in [0.717, 1.165) is 21.3 Å². The van der Waals surface area contributed by atoms with E-state index in [0.29, 0.717) is 0 Å². The third-order valence-electron chi connectivity index (χ3n) is 1.67. The van der Waals surface area contributed by atoms with Crippen LogP contribution in [0.3, 0.4) is 0 Å². The summed E-state index contributed by atoms with van der Waals surface area (Å²) in [7, 11) is 3.28. The quantitative estimate of drug-likeness (QED) is 0.277. The molecule has 0 saturated heterocycles. The van der Waals surface area contributed by atoms with Crippen LogP contribution >= 0.6 is 0 Å². The molecule has 84 valence electrons. The fourth-order valence-corrected chi connectivity index (χ4v) is 0.865. The standard InChI is InChI=1S/C9H12O6/c1-5(7(10)13-2)6(8(11)14-3)9(12)15-4/h6H,1H2,2-4H3. The van der Waals surface area contributed by atoms with Crippen molar-refractivity contribution in [1.29, 1.82) is 0 Å². The molecular formula is C9H12O6. The summed E-state index contributed by atoms with van der Waals surface area (Å²) in [4.78, 5) is 33.4. The first-order valence-corrected chi connectivity index (χ1v) is 3.92. The van der Waals surface area contributed by atoms with Gasteiger partial charge in [0.05, 0.1) is 26.9 Å². The highest BCUT2D eigenvalue weighted by Crippen LogP contribution is 2.14. The lowest BCUT2D eigenvalue weighted by molar-refractivity contribution is -0.159. The highest BCUT2D eigenvalue weighted by Gasteiger charge is 2.35. The Morgan fingerprint density at radius 3 is 1.60 bits per heavy atom. The molecule has 0 atom stereocenters. The second kappa shape index (κ2) is 5.79. The summed E-state index contributed by atoms with van der Waals surface area (Å²) >= 11 is 0. The van der Waals surface area contributed by atoms with Crippen LogP contribution in [-0.4, -0.2) is 39.2 Å². The van der Waals surface area contributed by atoms with E-state index >= 15 is 0 Å². The third kappa shape index (κ3) is 3.08. The van der Waals surface area contributed by atoms with Crippen LogP contribution in [0.5, 0.6) is 0 Å². The monoisotopic (exact) mass is 216 g/mol. The van der Waals surface area contributed by atoms with Crippen LogP contribution in [0.15, 0.2) is 12.2 Å². The van der Waals surface area contributed by atoms with Gasteiger partial charge in [0.15, 0.2) is 5.92 Å². The molecule has 0 N–H and O–H groups in total. The molecule has 0 aromatic heterocycles. The molecule has 0 aliphatic heterocycles. The van der Waals surface area contributed by atoms with Crippen molar-refractivity contribution in [3.63, 3.8) is 0 Å². The van der Waals surface area contributed by atoms with Crippen molar-refractivity contribution in [2.75, 3.05) is 21.3 Å². The number of rotatable bonds is 4. The summed E-state index contributed by atoms with van der Waals surface area (Å²) in [5.74, 6) is -4.18. The molecule has 0 aliphatic rings. The van der Waals surface area contributed by atoms with Gasteiger partial charge in [-0.1, -0.05) is 6.58 Å². The molecule has 0 heterocycles. The van der Waals surface area contributed by atoms with Gasteiger partial charge in [-0.15, -0.1) is 0 Å². The molecule has 0 radical (unpaired) electrons. The Kier molecular flexibility index (Phi) is 5.08. The molecule has 0 fully saturated rings. The van der Waals surface area contributed by atoms with E-state index in [-0.39, 0.29) is 5.57 Å². The molecule has 0 bridgehead atoms. The first-order valence-electron chi connectivity index (χ1n) is 3.92. The van der Waals surface area contributed by atoms with Crippen LogP contribution in [-0.2, 0) is 28.6 Å². The van der Waals surface area contributed by atoms with Gasteiger partial charge in [-0.2, -0.15) is 0 Å². The largest absolute Gasteiger partial charge is 0.468 e. The van der Waals surface area contributed by atoms with Crippen LogP contribution < -0.4 is 0 Å². The number of hydrogen-bond donors (Lipinski definition) is 0. The zero-order chi connectivity index (χ0) is 12.0. The first kappa shape index (κ1) is 13.2. The number of esters is 3. The van der Waals surface area contributed by atoms with Crippen LogP contribution in [0, 0.1) is 5.92 Å². The predicted octanol–water partition coefficient (Wildman–Crippen LogP) is -0.322. The Balaban J connectivity index is 4.94. The smallest absolute Gasteiger partial charge is 0.334 e. The molecule has 6 heteroatoms. The van der Waals surface area contributed by atoms with E-state index in [4.69, 9.17) is 0 Å². The van der Waals surface area contributed by atoms with Crippen molar-refractivity contribution in [1.82, 2.24) is 0 Å². The summed E-state index contributed by atoms with van der Waals surface area (Å²) in [6.45, 7) is 3.29. The van der Waals surface area contributed by atoms with Crippen LogP contribution in [0.25, 0.3) is 0 Å². The highest BCUT2D eigenvalue weighted by molar-refractivity contribution is 6.06. The average molecular weight is 216 g/mol. The Hall–Kier alpha value is -1.85. The normalized spacial score (nSPS) is 9.33. The van der Waals surface area contributed by atoms with E-state index < -0.39 is 23.8 Å². The summed E-state index contributed by atoms with van der Waals surface area (Å²) in [5.41, 5.74) is -0.323.